The van der Waals surface area contributed by atoms with Gasteiger partial charge in [-0.3, -0.25) is 9.69 Å². The van der Waals surface area contributed by atoms with E-state index in [-0.39, 0.29) is 6.42 Å². The van der Waals surface area contributed by atoms with Crippen LogP contribution in [0.1, 0.15) is 25.1 Å². The molecule has 1 saturated heterocycles. The molecule has 1 unspecified atom stereocenters. The zero-order valence-electron chi connectivity index (χ0n) is 9.75. The van der Waals surface area contributed by atoms with Crippen LogP contribution in [0.3, 0.4) is 0 Å². The first-order valence-electron chi connectivity index (χ1n) is 5.94. The molecule has 0 spiro atoms. The van der Waals surface area contributed by atoms with E-state index >= 15 is 0 Å². The second kappa shape index (κ2) is 5.72. The molecule has 1 fully saturated rings. The third-order valence-electron chi connectivity index (χ3n) is 3.12. The van der Waals surface area contributed by atoms with Gasteiger partial charge in [-0.25, -0.2) is 9.97 Å². The number of nitrogens with zero attached hydrogens (tertiary/aromatic N) is 3. The Hall–Kier alpha value is -1.49. The van der Waals surface area contributed by atoms with Crippen molar-refractivity contribution in [2.24, 2.45) is 5.92 Å². The maximum atomic E-state index is 10.5. The lowest BCUT2D eigenvalue weighted by atomic mass is 10.0. The number of hydrogen-bond donors (Lipinski definition) is 1. The van der Waals surface area contributed by atoms with Gasteiger partial charge in [0.25, 0.3) is 0 Å². The van der Waals surface area contributed by atoms with Crippen molar-refractivity contribution in [2.45, 2.75) is 25.8 Å². The average molecular weight is 235 g/mol. The van der Waals surface area contributed by atoms with E-state index < -0.39 is 5.97 Å². The minimum atomic E-state index is -0.699. The molecule has 2 heterocycles. The lowest BCUT2D eigenvalue weighted by molar-refractivity contribution is -0.137. The van der Waals surface area contributed by atoms with Gasteiger partial charge in [0.1, 0.15) is 5.82 Å². The first-order chi connectivity index (χ1) is 8.24. The van der Waals surface area contributed by atoms with E-state index in [0.29, 0.717) is 5.92 Å². The van der Waals surface area contributed by atoms with Gasteiger partial charge in [-0.1, -0.05) is 0 Å². The number of aromatic nitrogens is 2. The molecule has 1 aromatic heterocycles. The molecule has 1 N–H and O–H groups in total. The van der Waals surface area contributed by atoms with Gasteiger partial charge in [0.05, 0.1) is 6.54 Å². The van der Waals surface area contributed by atoms with E-state index in [0.717, 1.165) is 38.3 Å². The SMILES string of the molecule is O=C(O)CCC1CCN(Cc2ncccn2)C1. The summed E-state index contributed by atoms with van der Waals surface area (Å²) < 4.78 is 0. The fourth-order valence-corrected chi connectivity index (χ4v) is 2.23. The summed E-state index contributed by atoms with van der Waals surface area (Å²) in [5, 5.41) is 8.64. The van der Waals surface area contributed by atoms with E-state index in [1.807, 2.05) is 6.07 Å². The minimum Gasteiger partial charge on any atom is -0.481 e. The van der Waals surface area contributed by atoms with Gasteiger partial charge in [-0.05, 0) is 31.4 Å². The van der Waals surface area contributed by atoms with Crippen molar-refractivity contribution < 1.29 is 9.90 Å². The summed E-state index contributed by atoms with van der Waals surface area (Å²) in [5.74, 6) is 0.649. The molecule has 92 valence electrons. The molecule has 5 nitrogen and oxygen atoms in total. The highest BCUT2D eigenvalue weighted by atomic mass is 16.4. The van der Waals surface area contributed by atoms with Gasteiger partial charge in [0.15, 0.2) is 0 Å². The Bertz CT molecular complexity index is 369. The maximum absolute atomic E-state index is 10.5. The predicted molar refractivity (Wildman–Crippen MR) is 62.3 cm³/mol. The van der Waals surface area contributed by atoms with Crippen LogP contribution in [0.4, 0.5) is 0 Å². The fourth-order valence-electron chi connectivity index (χ4n) is 2.23. The molecular formula is C12H17N3O2. The molecule has 1 atom stereocenters. The molecule has 0 saturated carbocycles. The smallest absolute Gasteiger partial charge is 0.303 e. The standard InChI is InChI=1S/C12H17N3O2/c16-12(17)3-2-10-4-7-15(8-10)9-11-13-5-1-6-14-11/h1,5-6,10H,2-4,7-9H2,(H,16,17). The average Bonchev–Trinajstić information content (AvgIpc) is 2.75. The first kappa shape index (κ1) is 12.0. The zero-order chi connectivity index (χ0) is 12.1. The lowest BCUT2D eigenvalue weighted by Gasteiger charge is -2.14. The summed E-state index contributed by atoms with van der Waals surface area (Å²) in [6.07, 6.45) is 5.64. The van der Waals surface area contributed by atoms with Crippen LogP contribution >= 0.6 is 0 Å². The predicted octanol–water partition coefficient (Wildman–Crippen LogP) is 1.16. The Balaban J connectivity index is 1.76. The topological polar surface area (TPSA) is 66.3 Å². The summed E-state index contributed by atoms with van der Waals surface area (Å²) in [6.45, 7) is 2.75. The Morgan fingerprint density at radius 3 is 2.94 bits per heavy atom. The number of likely N-dealkylation sites (tertiary alicyclic amines) is 1. The summed E-state index contributed by atoms with van der Waals surface area (Å²) in [6, 6.07) is 1.81. The minimum absolute atomic E-state index is 0.278. The Labute approximate surface area is 100 Å². The number of carboxylic acid groups (broad SMARTS) is 1. The molecule has 17 heavy (non-hydrogen) atoms. The van der Waals surface area contributed by atoms with Crippen LogP contribution in [0, 0.1) is 5.92 Å². The van der Waals surface area contributed by atoms with Gasteiger partial charge in [-0.15, -0.1) is 0 Å². The summed E-state index contributed by atoms with van der Waals surface area (Å²) >= 11 is 0. The quantitative estimate of drug-likeness (QED) is 0.829. The van der Waals surface area contributed by atoms with Crippen LogP contribution in [0.15, 0.2) is 18.5 Å². The van der Waals surface area contributed by atoms with E-state index in [1.54, 1.807) is 12.4 Å². The van der Waals surface area contributed by atoms with E-state index in [1.165, 1.54) is 0 Å². The van der Waals surface area contributed by atoms with E-state index in [4.69, 9.17) is 5.11 Å². The normalized spacial score (nSPS) is 20.6. The van der Waals surface area contributed by atoms with Gasteiger partial charge in [-0.2, -0.15) is 0 Å². The lowest BCUT2D eigenvalue weighted by Crippen LogP contribution is -2.21. The van der Waals surface area contributed by atoms with Crippen LogP contribution in [0.2, 0.25) is 0 Å². The summed E-state index contributed by atoms with van der Waals surface area (Å²) in [7, 11) is 0. The fraction of sp³-hybridized carbons (Fsp3) is 0.583. The Morgan fingerprint density at radius 1 is 1.47 bits per heavy atom. The molecule has 0 aliphatic carbocycles. The van der Waals surface area contributed by atoms with Crippen molar-refractivity contribution in [3.8, 4) is 0 Å². The molecule has 1 aliphatic heterocycles. The molecule has 0 aromatic carbocycles. The molecule has 1 aliphatic rings. The summed E-state index contributed by atoms with van der Waals surface area (Å²) in [4.78, 5) is 21.2. The third kappa shape index (κ3) is 3.78. The summed E-state index contributed by atoms with van der Waals surface area (Å²) in [5.41, 5.74) is 0. The molecule has 1 aromatic rings. The third-order valence-corrected chi connectivity index (χ3v) is 3.12. The Kier molecular flexibility index (Phi) is 4.03. The molecule has 5 heteroatoms. The van der Waals surface area contributed by atoms with Crippen molar-refractivity contribution in [3.63, 3.8) is 0 Å². The molecule has 2 rings (SSSR count). The van der Waals surface area contributed by atoms with Crippen LogP contribution in [-0.2, 0) is 11.3 Å². The van der Waals surface area contributed by atoms with Crippen molar-refractivity contribution in [3.05, 3.63) is 24.3 Å². The molecule has 0 radical (unpaired) electrons. The largest absolute Gasteiger partial charge is 0.481 e. The van der Waals surface area contributed by atoms with Crippen molar-refractivity contribution in [1.82, 2.24) is 14.9 Å². The van der Waals surface area contributed by atoms with Gasteiger partial charge in [0.2, 0.25) is 0 Å². The van der Waals surface area contributed by atoms with E-state index in [2.05, 4.69) is 14.9 Å². The molecule has 0 amide bonds. The van der Waals surface area contributed by atoms with Crippen LogP contribution in [-0.4, -0.2) is 39.0 Å². The van der Waals surface area contributed by atoms with Gasteiger partial charge >= 0.3 is 5.97 Å². The van der Waals surface area contributed by atoms with Crippen LogP contribution < -0.4 is 0 Å². The van der Waals surface area contributed by atoms with Crippen molar-refractivity contribution in [1.29, 1.82) is 0 Å². The van der Waals surface area contributed by atoms with Crippen molar-refractivity contribution in [2.75, 3.05) is 13.1 Å². The van der Waals surface area contributed by atoms with Gasteiger partial charge in [0, 0.05) is 25.4 Å². The van der Waals surface area contributed by atoms with Crippen LogP contribution in [0.5, 0.6) is 0 Å². The highest BCUT2D eigenvalue weighted by Gasteiger charge is 2.23. The second-order valence-corrected chi connectivity index (χ2v) is 4.49. The van der Waals surface area contributed by atoms with Gasteiger partial charge < -0.3 is 5.11 Å². The molecule has 0 bridgehead atoms. The highest BCUT2D eigenvalue weighted by molar-refractivity contribution is 5.66. The number of rotatable bonds is 5. The number of aliphatic carboxylic acids is 1. The first-order valence-corrected chi connectivity index (χ1v) is 5.94. The monoisotopic (exact) mass is 235 g/mol. The number of hydrogen-bond acceptors (Lipinski definition) is 4. The number of carbonyl (C=O) groups is 1. The highest BCUT2D eigenvalue weighted by Crippen LogP contribution is 2.21. The molecular weight excluding hydrogens is 218 g/mol. The second-order valence-electron chi connectivity index (χ2n) is 4.49. The van der Waals surface area contributed by atoms with Crippen LogP contribution in [0.25, 0.3) is 0 Å². The van der Waals surface area contributed by atoms with E-state index in [9.17, 15) is 4.79 Å². The number of carboxylic acids is 1. The Morgan fingerprint density at radius 2 is 2.24 bits per heavy atom. The van der Waals surface area contributed by atoms with Crippen molar-refractivity contribution >= 4 is 5.97 Å². The zero-order valence-corrected chi connectivity index (χ0v) is 9.75. The maximum Gasteiger partial charge on any atom is 0.303 e.